The van der Waals surface area contributed by atoms with Gasteiger partial charge in [0.25, 0.3) is 0 Å². The highest BCUT2D eigenvalue weighted by Crippen LogP contribution is 2.48. The quantitative estimate of drug-likeness (QED) is 0.929. The van der Waals surface area contributed by atoms with E-state index in [0.717, 1.165) is 12.3 Å². The van der Waals surface area contributed by atoms with Crippen LogP contribution in [0.4, 0.5) is 19.1 Å². The molecule has 0 unspecified atom stereocenters. The molecule has 1 aliphatic rings. The van der Waals surface area contributed by atoms with Crippen LogP contribution in [0, 0.1) is 11.3 Å². The summed E-state index contributed by atoms with van der Waals surface area (Å²) >= 11 is 0. The molecule has 0 aromatic carbocycles. The summed E-state index contributed by atoms with van der Waals surface area (Å²) in [5.74, 6) is 0.174. The number of methoxy groups -OCH3 is 1. The molecule has 0 aliphatic heterocycles. The standard InChI is InChI=1S/C13H18F3N3O/c1-7-9(12(2,3)10(7)20-4)19-11-17-6-5-8(18-11)13(14,15)16/h5-7,9-10H,1-4H3,(H,17,18,19)/t7-,9+,10+/m0/s1. The van der Waals surface area contributed by atoms with Crippen molar-refractivity contribution in [3.63, 3.8) is 0 Å². The van der Waals surface area contributed by atoms with Gasteiger partial charge in [0.15, 0.2) is 0 Å². The zero-order valence-electron chi connectivity index (χ0n) is 11.8. The van der Waals surface area contributed by atoms with Crippen LogP contribution < -0.4 is 5.32 Å². The molecule has 1 N–H and O–H groups in total. The van der Waals surface area contributed by atoms with E-state index in [9.17, 15) is 13.2 Å². The van der Waals surface area contributed by atoms with E-state index in [1.54, 1.807) is 7.11 Å². The molecule has 0 bridgehead atoms. The summed E-state index contributed by atoms with van der Waals surface area (Å²) in [4.78, 5) is 7.39. The van der Waals surface area contributed by atoms with Gasteiger partial charge in [-0.1, -0.05) is 20.8 Å². The van der Waals surface area contributed by atoms with E-state index in [-0.39, 0.29) is 29.4 Å². The predicted octanol–water partition coefficient (Wildman–Crippen LogP) is 2.97. The van der Waals surface area contributed by atoms with E-state index in [1.165, 1.54) is 0 Å². The van der Waals surface area contributed by atoms with Crippen LogP contribution in [0.1, 0.15) is 26.5 Å². The van der Waals surface area contributed by atoms with Crippen molar-refractivity contribution in [2.75, 3.05) is 12.4 Å². The van der Waals surface area contributed by atoms with Gasteiger partial charge in [-0.2, -0.15) is 13.2 Å². The maximum Gasteiger partial charge on any atom is 0.433 e. The van der Waals surface area contributed by atoms with Crippen molar-refractivity contribution in [2.24, 2.45) is 11.3 Å². The number of aromatic nitrogens is 2. The number of hydrogen-bond donors (Lipinski definition) is 1. The van der Waals surface area contributed by atoms with Gasteiger partial charge in [-0.15, -0.1) is 0 Å². The number of nitrogens with one attached hydrogen (secondary N) is 1. The van der Waals surface area contributed by atoms with E-state index in [1.807, 2.05) is 20.8 Å². The van der Waals surface area contributed by atoms with Crippen molar-refractivity contribution < 1.29 is 17.9 Å². The van der Waals surface area contributed by atoms with Gasteiger partial charge in [0.05, 0.1) is 6.10 Å². The van der Waals surface area contributed by atoms with Crippen molar-refractivity contribution >= 4 is 5.95 Å². The van der Waals surface area contributed by atoms with Crippen LogP contribution in [0.15, 0.2) is 12.3 Å². The number of hydrogen-bond acceptors (Lipinski definition) is 4. The number of halogens is 3. The molecule has 1 aromatic heterocycles. The van der Waals surface area contributed by atoms with Gasteiger partial charge in [0, 0.05) is 30.7 Å². The second kappa shape index (κ2) is 4.87. The molecule has 4 nitrogen and oxygen atoms in total. The van der Waals surface area contributed by atoms with Gasteiger partial charge in [-0.25, -0.2) is 9.97 Å². The summed E-state index contributed by atoms with van der Waals surface area (Å²) in [5.41, 5.74) is -1.13. The first-order valence-corrected chi connectivity index (χ1v) is 6.37. The Bertz CT molecular complexity index is 490. The fraction of sp³-hybridized carbons (Fsp3) is 0.692. The van der Waals surface area contributed by atoms with Gasteiger partial charge < -0.3 is 10.1 Å². The molecule has 1 fully saturated rings. The lowest BCUT2D eigenvalue weighted by atomic mass is 9.58. The zero-order chi connectivity index (χ0) is 15.1. The van der Waals surface area contributed by atoms with Crippen molar-refractivity contribution in [1.29, 1.82) is 0 Å². The Morgan fingerprint density at radius 2 is 2.00 bits per heavy atom. The Morgan fingerprint density at radius 3 is 2.50 bits per heavy atom. The van der Waals surface area contributed by atoms with Crippen molar-refractivity contribution in [2.45, 2.75) is 39.1 Å². The number of anilines is 1. The number of alkyl halides is 3. The van der Waals surface area contributed by atoms with Crippen LogP contribution in [0.3, 0.4) is 0 Å². The largest absolute Gasteiger partial charge is 0.433 e. The molecule has 1 aliphatic carbocycles. The molecule has 2 rings (SSSR count). The van der Waals surface area contributed by atoms with Gasteiger partial charge in [0.2, 0.25) is 5.95 Å². The van der Waals surface area contributed by atoms with Crippen molar-refractivity contribution in [3.8, 4) is 0 Å². The molecule has 1 heterocycles. The molecule has 0 saturated heterocycles. The SMILES string of the molecule is CO[C@@H]1[C@@H](C)[C@@H](Nc2nccc(C(F)(F)F)n2)C1(C)C. The Hall–Kier alpha value is -1.37. The predicted molar refractivity (Wildman–Crippen MR) is 68.2 cm³/mol. The Kier molecular flexibility index (Phi) is 3.66. The first-order valence-electron chi connectivity index (χ1n) is 6.37. The Labute approximate surface area is 115 Å². The molecule has 7 heteroatoms. The molecule has 0 spiro atoms. The fourth-order valence-electron chi connectivity index (χ4n) is 3.15. The molecule has 1 saturated carbocycles. The third kappa shape index (κ3) is 2.46. The summed E-state index contributed by atoms with van der Waals surface area (Å²) in [7, 11) is 1.64. The Morgan fingerprint density at radius 1 is 1.35 bits per heavy atom. The summed E-state index contributed by atoms with van der Waals surface area (Å²) < 4.78 is 43.2. The average Bonchev–Trinajstić information content (AvgIpc) is 2.35. The van der Waals surface area contributed by atoms with E-state index >= 15 is 0 Å². The van der Waals surface area contributed by atoms with Gasteiger partial charge >= 0.3 is 6.18 Å². The highest BCUT2D eigenvalue weighted by Gasteiger charge is 2.55. The van der Waals surface area contributed by atoms with Crippen LogP contribution in [-0.4, -0.2) is 29.2 Å². The van der Waals surface area contributed by atoms with Gasteiger partial charge in [0.1, 0.15) is 5.69 Å². The van der Waals surface area contributed by atoms with E-state index in [2.05, 4.69) is 15.3 Å². The molecular formula is C13H18F3N3O. The molecule has 0 amide bonds. The molecule has 0 radical (unpaired) electrons. The number of nitrogens with zero attached hydrogens (tertiary/aromatic N) is 2. The lowest BCUT2D eigenvalue weighted by molar-refractivity contribution is -0.141. The van der Waals surface area contributed by atoms with E-state index in [0.29, 0.717) is 0 Å². The van der Waals surface area contributed by atoms with Crippen LogP contribution in [0.2, 0.25) is 0 Å². The van der Waals surface area contributed by atoms with Crippen LogP contribution in [0.25, 0.3) is 0 Å². The van der Waals surface area contributed by atoms with Crippen molar-refractivity contribution in [1.82, 2.24) is 9.97 Å². The maximum atomic E-state index is 12.6. The summed E-state index contributed by atoms with van der Waals surface area (Å²) in [6.07, 6.45) is -3.29. The van der Waals surface area contributed by atoms with Crippen LogP contribution in [-0.2, 0) is 10.9 Å². The normalized spacial score (nSPS) is 28.9. The van der Waals surface area contributed by atoms with E-state index < -0.39 is 11.9 Å². The average molecular weight is 289 g/mol. The second-order valence-electron chi connectivity index (χ2n) is 5.72. The third-order valence-electron chi connectivity index (χ3n) is 4.02. The lowest BCUT2D eigenvalue weighted by Crippen LogP contribution is -2.64. The minimum absolute atomic E-state index is 0.000645. The molecule has 20 heavy (non-hydrogen) atoms. The summed E-state index contributed by atoms with van der Waals surface area (Å²) in [6, 6.07) is 0.828. The molecule has 3 atom stereocenters. The lowest BCUT2D eigenvalue weighted by Gasteiger charge is -2.56. The Balaban J connectivity index is 2.16. The van der Waals surface area contributed by atoms with Crippen molar-refractivity contribution in [3.05, 3.63) is 18.0 Å². The fourth-order valence-corrected chi connectivity index (χ4v) is 3.15. The van der Waals surface area contributed by atoms with Crippen LogP contribution in [0.5, 0.6) is 0 Å². The summed E-state index contributed by atoms with van der Waals surface area (Å²) in [6.45, 7) is 6.00. The maximum absolute atomic E-state index is 12.6. The number of ether oxygens (including phenoxy) is 1. The monoisotopic (exact) mass is 289 g/mol. The van der Waals surface area contributed by atoms with Crippen LogP contribution >= 0.6 is 0 Å². The minimum Gasteiger partial charge on any atom is -0.380 e. The topological polar surface area (TPSA) is 47.0 Å². The van der Waals surface area contributed by atoms with Gasteiger partial charge in [-0.3, -0.25) is 0 Å². The smallest absolute Gasteiger partial charge is 0.380 e. The molecular weight excluding hydrogens is 271 g/mol. The molecule has 1 aromatic rings. The highest BCUT2D eigenvalue weighted by atomic mass is 19.4. The van der Waals surface area contributed by atoms with Gasteiger partial charge in [-0.05, 0) is 6.07 Å². The zero-order valence-corrected chi connectivity index (χ0v) is 11.8. The molecule has 112 valence electrons. The third-order valence-corrected chi connectivity index (χ3v) is 4.02. The number of rotatable bonds is 3. The first kappa shape index (κ1) is 15.0. The second-order valence-corrected chi connectivity index (χ2v) is 5.72. The summed E-state index contributed by atoms with van der Waals surface area (Å²) in [5, 5.41) is 2.99. The first-order chi connectivity index (χ1) is 9.17. The minimum atomic E-state index is -4.46. The van der Waals surface area contributed by atoms with E-state index in [4.69, 9.17) is 4.74 Å². The highest BCUT2D eigenvalue weighted by molar-refractivity contribution is 5.32.